The maximum Gasteiger partial charge on any atom is 0.251 e. The summed E-state index contributed by atoms with van der Waals surface area (Å²) >= 11 is 5.59. The van der Waals surface area contributed by atoms with Crippen LogP contribution < -0.4 is 5.32 Å². The largest absolute Gasteiger partial charge is 0.352 e. The third kappa shape index (κ3) is 4.19. The van der Waals surface area contributed by atoms with Crippen molar-refractivity contribution < 1.29 is 9.18 Å². The van der Waals surface area contributed by atoms with E-state index in [1.807, 2.05) is 6.92 Å². The van der Waals surface area contributed by atoms with Gasteiger partial charge in [-0.1, -0.05) is 13.0 Å². The van der Waals surface area contributed by atoms with Gasteiger partial charge in [0.15, 0.2) is 0 Å². The quantitative estimate of drug-likeness (QED) is 0.792. The maximum atomic E-state index is 12.8. The Morgan fingerprint density at radius 3 is 2.94 bits per heavy atom. The zero-order chi connectivity index (χ0) is 12.0. The van der Waals surface area contributed by atoms with Gasteiger partial charge in [-0.3, -0.25) is 4.79 Å². The highest BCUT2D eigenvalue weighted by Crippen LogP contribution is 2.05. The molecule has 1 amide bonds. The number of hydrogen-bond donors (Lipinski definition) is 1. The molecule has 0 heterocycles. The molecule has 0 spiro atoms. The third-order valence-corrected chi connectivity index (χ3v) is 2.52. The first kappa shape index (κ1) is 13.0. The molecule has 1 atom stereocenters. The lowest BCUT2D eigenvalue weighted by Gasteiger charge is -2.10. The van der Waals surface area contributed by atoms with E-state index in [2.05, 4.69) is 5.32 Å². The van der Waals surface area contributed by atoms with E-state index in [4.69, 9.17) is 11.6 Å². The average Bonchev–Trinajstić information content (AvgIpc) is 2.26. The summed E-state index contributed by atoms with van der Waals surface area (Å²) in [6.45, 7) is 2.57. The molecule has 1 unspecified atom stereocenters. The molecule has 1 N–H and O–H groups in total. The predicted octanol–water partition coefficient (Wildman–Crippen LogP) is 2.82. The summed E-state index contributed by atoms with van der Waals surface area (Å²) in [7, 11) is 0. The smallest absolute Gasteiger partial charge is 0.251 e. The third-order valence-electron chi connectivity index (χ3n) is 2.30. The Bertz CT molecular complexity index is 357. The van der Waals surface area contributed by atoms with Crippen molar-refractivity contribution in [2.45, 2.75) is 13.3 Å². The Balaban J connectivity index is 2.47. The Morgan fingerprint density at radius 1 is 1.56 bits per heavy atom. The first-order chi connectivity index (χ1) is 7.63. The van der Waals surface area contributed by atoms with Crippen LogP contribution in [0.4, 0.5) is 4.39 Å². The van der Waals surface area contributed by atoms with Crippen molar-refractivity contribution in [1.29, 1.82) is 0 Å². The second-order valence-corrected chi connectivity index (χ2v) is 4.18. The molecule has 0 saturated heterocycles. The molecule has 1 aromatic carbocycles. The van der Waals surface area contributed by atoms with Crippen LogP contribution in [0.5, 0.6) is 0 Å². The van der Waals surface area contributed by atoms with Gasteiger partial charge in [0.2, 0.25) is 0 Å². The molecule has 0 saturated carbocycles. The van der Waals surface area contributed by atoms with Gasteiger partial charge >= 0.3 is 0 Å². The lowest BCUT2D eigenvalue weighted by Crippen LogP contribution is -2.28. The van der Waals surface area contributed by atoms with Gasteiger partial charge in [0.25, 0.3) is 5.91 Å². The van der Waals surface area contributed by atoms with Crippen molar-refractivity contribution in [3.05, 3.63) is 35.6 Å². The van der Waals surface area contributed by atoms with E-state index in [1.54, 1.807) is 6.07 Å². The molecular formula is C12H15ClFNO. The molecule has 88 valence electrons. The number of carbonyl (C=O) groups is 1. The van der Waals surface area contributed by atoms with E-state index >= 15 is 0 Å². The zero-order valence-electron chi connectivity index (χ0n) is 9.17. The SMILES string of the molecule is CC(CCCl)CNC(=O)c1cccc(F)c1. The first-order valence-electron chi connectivity index (χ1n) is 5.23. The summed E-state index contributed by atoms with van der Waals surface area (Å²) in [5, 5.41) is 2.75. The minimum atomic E-state index is -0.401. The molecule has 0 fully saturated rings. The molecule has 0 aromatic heterocycles. The number of carbonyl (C=O) groups excluding carboxylic acids is 1. The fourth-order valence-corrected chi connectivity index (χ4v) is 1.66. The lowest BCUT2D eigenvalue weighted by molar-refractivity contribution is 0.0947. The van der Waals surface area contributed by atoms with Crippen LogP contribution in [-0.2, 0) is 0 Å². The summed E-state index contributed by atoms with van der Waals surface area (Å²) in [5.41, 5.74) is 0.345. The molecular weight excluding hydrogens is 229 g/mol. The number of alkyl halides is 1. The van der Waals surface area contributed by atoms with E-state index in [1.165, 1.54) is 18.2 Å². The Hall–Kier alpha value is -1.09. The number of rotatable bonds is 5. The van der Waals surface area contributed by atoms with E-state index in [-0.39, 0.29) is 5.91 Å². The van der Waals surface area contributed by atoms with Gasteiger partial charge in [0, 0.05) is 18.0 Å². The van der Waals surface area contributed by atoms with Crippen LogP contribution in [0.1, 0.15) is 23.7 Å². The van der Waals surface area contributed by atoms with Crippen LogP contribution in [0.3, 0.4) is 0 Å². The number of benzene rings is 1. The van der Waals surface area contributed by atoms with Crippen LogP contribution in [0.15, 0.2) is 24.3 Å². The molecule has 4 heteroatoms. The van der Waals surface area contributed by atoms with E-state index in [9.17, 15) is 9.18 Å². The molecule has 0 aliphatic heterocycles. The molecule has 0 radical (unpaired) electrons. The van der Waals surface area contributed by atoms with Gasteiger partial charge in [-0.05, 0) is 30.5 Å². The van der Waals surface area contributed by atoms with Gasteiger partial charge in [0.1, 0.15) is 5.82 Å². The minimum Gasteiger partial charge on any atom is -0.352 e. The highest BCUT2D eigenvalue weighted by atomic mass is 35.5. The Kier molecular flexibility index (Phi) is 5.26. The van der Waals surface area contributed by atoms with Crippen LogP contribution in [0, 0.1) is 11.7 Å². The van der Waals surface area contributed by atoms with Crippen molar-refractivity contribution in [3.8, 4) is 0 Å². The highest BCUT2D eigenvalue weighted by molar-refractivity contribution is 6.17. The fourth-order valence-electron chi connectivity index (χ4n) is 1.29. The van der Waals surface area contributed by atoms with Crippen LogP contribution >= 0.6 is 11.6 Å². The van der Waals surface area contributed by atoms with Gasteiger partial charge in [-0.25, -0.2) is 4.39 Å². The number of halogens is 2. The van der Waals surface area contributed by atoms with Crippen molar-refractivity contribution in [1.82, 2.24) is 5.32 Å². The second kappa shape index (κ2) is 6.48. The monoisotopic (exact) mass is 243 g/mol. The average molecular weight is 244 g/mol. The molecule has 0 aliphatic rings. The second-order valence-electron chi connectivity index (χ2n) is 3.80. The molecule has 0 aliphatic carbocycles. The maximum absolute atomic E-state index is 12.8. The summed E-state index contributed by atoms with van der Waals surface area (Å²) in [5.74, 6) is 0.258. The molecule has 0 bridgehead atoms. The van der Waals surface area contributed by atoms with Gasteiger partial charge in [0.05, 0.1) is 0 Å². The van der Waals surface area contributed by atoms with Crippen LogP contribution in [-0.4, -0.2) is 18.3 Å². The van der Waals surface area contributed by atoms with E-state index < -0.39 is 5.82 Å². The Labute approximate surface area is 99.8 Å². The number of amides is 1. The lowest BCUT2D eigenvalue weighted by atomic mass is 10.1. The topological polar surface area (TPSA) is 29.1 Å². The summed E-state index contributed by atoms with van der Waals surface area (Å²) < 4.78 is 12.8. The number of hydrogen-bond acceptors (Lipinski definition) is 1. The van der Waals surface area contributed by atoms with Gasteiger partial charge < -0.3 is 5.32 Å². The number of nitrogens with one attached hydrogen (secondary N) is 1. The van der Waals surface area contributed by atoms with Crippen molar-refractivity contribution in [2.75, 3.05) is 12.4 Å². The zero-order valence-corrected chi connectivity index (χ0v) is 9.93. The van der Waals surface area contributed by atoms with Crippen molar-refractivity contribution in [2.24, 2.45) is 5.92 Å². The molecule has 16 heavy (non-hydrogen) atoms. The highest BCUT2D eigenvalue weighted by Gasteiger charge is 2.07. The minimum absolute atomic E-state index is 0.249. The predicted molar refractivity (Wildman–Crippen MR) is 63.2 cm³/mol. The van der Waals surface area contributed by atoms with Crippen LogP contribution in [0.2, 0.25) is 0 Å². The molecule has 2 nitrogen and oxygen atoms in total. The normalized spacial score (nSPS) is 12.2. The first-order valence-corrected chi connectivity index (χ1v) is 5.76. The fraction of sp³-hybridized carbons (Fsp3) is 0.417. The van der Waals surface area contributed by atoms with Gasteiger partial charge in [-0.2, -0.15) is 0 Å². The summed E-state index contributed by atoms with van der Waals surface area (Å²) in [4.78, 5) is 11.6. The van der Waals surface area contributed by atoms with Crippen molar-refractivity contribution >= 4 is 17.5 Å². The molecule has 1 rings (SSSR count). The van der Waals surface area contributed by atoms with Crippen LogP contribution in [0.25, 0.3) is 0 Å². The van der Waals surface area contributed by atoms with Crippen molar-refractivity contribution in [3.63, 3.8) is 0 Å². The van der Waals surface area contributed by atoms with Gasteiger partial charge in [-0.15, -0.1) is 11.6 Å². The molecule has 1 aromatic rings. The standard InChI is InChI=1S/C12H15ClFNO/c1-9(5-6-13)8-15-12(16)10-3-2-4-11(14)7-10/h2-4,7,9H,5-6,8H2,1H3,(H,15,16). The summed E-state index contributed by atoms with van der Waals surface area (Å²) in [6.07, 6.45) is 0.852. The van der Waals surface area contributed by atoms with E-state index in [0.29, 0.717) is 23.9 Å². The summed E-state index contributed by atoms with van der Waals surface area (Å²) in [6, 6.07) is 5.64. The van der Waals surface area contributed by atoms with E-state index in [0.717, 1.165) is 6.42 Å². The Morgan fingerprint density at radius 2 is 2.31 bits per heavy atom.